The van der Waals surface area contributed by atoms with Gasteiger partial charge in [-0.2, -0.15) is 10.5 Å². The summed E-state index contributed by atoms with van der Waals surface area (Å²) < 4.78 is 0. The molecule has 1 unspecified atom stereocenters. The number of hydrogen-bond donors (Lipinski definition) is 0. The van der Waals surface area contributed by atoms with Gasteiger partial charge in [0.05, 0.1) is 33.1 Å². The summed E-state index contributed by atoms with van der Waals surface area (Å²) >= 11 is 0. The van der Waals surface area contributed by atoms with Gasteiger partial charge in [-0.25, -0.2) is 0 Å². The summed E-state index contributed by atoms with van der Waals surface area (Å²) in [4.78, 5) is 44.9. The van der Waals surface area contributed by atoms with Crippen LogP contribution >= 0.6 is 0 Å². The molecule has 1 aromatic rings. The van der Waals surface area contributed by atoms with Gasteiger partial charge in [0.25, 0.3) is 11.4 Å². The van der Waals surface area contributed by atoms with E-state index in [-0.39, 0.29) is 33.5 Å². The molecule has 0 heterocycles. The van der Waals surface area contributed by atoms with Crippen LogP contribution in [-0.4, -0.2) is 26.6 Å². The lowest BCUT2D eigenvalue weighted by atomic mass is 9.81. The Morgan fingerprint density at radius 2 is 1.67 bits per heavy atom. The quantitative estimate of drug-likeness (QED) is 0.519. The monoisotopic (exact) mass is 407 g/mol. The van der Waals surface area contributed by atoms with E-state index < -0.39 is 50.2 Å². The van der Waals surface area contributed by atoms with Crippen LogP contribution in [0.1, 0.15) is 17.5 Å². The Balaban J connectivity index is 2.36. The molecule has 0 bridgehead atoms. The second-order valence-electron chi connectivity index (χ2n) is 6.41. The summed E-state index contributed by atoms with van der Waals surface area (Å²) in [5.41, 5.74) is -2.25. The van der Waals surface area contributed by atoms with Crippen molar-refractivity contribution < 1.29 is 19.6 Å². The predicted octanol–water partition coefficient (Wildman–Crippen LogP) is 2.19. The summed E-state index contributed by atoms with van der Waals surface area (Å²) in [5, 5.41) is 52.7. The number of carbonyl (C=O) groups excluding carboxylic acids is 1. The molecule has 30 heavy (non-hydrogen) atoms. The van der Waals surface area contributed by atoms with E-state index in [2.05, 4.69) is 6.58 Å². The van der Waals surface area contributed by atoms with Gasteiger partial charge in [-0.3, -0.25) is 35.1 Å². The van der Waals surface area contributed by atoms with Gasteiger partial charge in [0.15, 0.2) is 0 Å². The van der Waals surface area contributed by atoms with Crippen molar-refractivity contribution in [2.24, 2.45) is 5.92 Å². The molecule has 2 aliphatic carbocycles. The minimum atomic E-state index is -2.17. The van der Waals surface area contributed by atoms with E-state index in [9.17, 15) is 35.1 Å². The molecular weight excluding hydrogens is 398 g/mol. The highest BCUT2D eigenvalue weighted by Gasteiger charge is 2.52. The number of non-ortho nitro benzene ring substituents is 1. The first-order valence-electron chi connectivity index (χ1n) is 8.21. The van der Waals surface area contributed by atoms with Gasteiger partial charge in [0, 0.05) is 29.0 Å². The molecule has 2 aliphatic rings. The highest BCUT2D eigenvalue weighted by molar-refractivity contribution is 6.25. The Bertz CT molecular complexity index is 1210. The fourth-order valence-electron chi connectivity index (χ4n) is 3.62. The molecule has 0 N–H and O–H groups in total. The number of Topliss-reactive ketones (excluding diaryl/α,β-unsaturated/α-hetero) is 1. The van der Waals surface area contributed by atoms with Crippen LogP contribution in [0.5, 0.6) is 0 Å². The van der Waals surface area contributed by atoms with Crippen LogP contribution in [-0.2, 0) is 4.79 Å². The van der Waals surface area contributed by atoms with Gasteiger partial charge < -0.3 is 0 Å². The second-order valence-corrected chi connectivity index (χ2v) is 6.41. The number of fused-ring (bicyclic) bond motifs is 2. The maximum atomic E-state index is 13.0. The largest absolute Gasteiger partial charge is 0.302 e. The Hall–Kier alpha value is -4.71. The van der Waals surface area contributed by atoms with E-state index in [4.69, 9.17) is 10.5 Å². The summed E-state index contributed by atoms with van der Waals surface area (Å²) in [6.07, 6.45) is -0.674. The molecule has 0 radical (unpaired) electrons. The number of allylic oxidation sites excluding steroid dienone is 2. The third-order valence-corrected chi connectivity index (χ3v) is 4.86. The number of nitriles is 2. The van der Waals surface area contributed by atoms with Crippen molar-refractivity contribution in [1.82, 2.24) is 0 Å². The molecular formula is C18H9N5O7. The van der Waals surface area contributed by atoms with Gasteiger partial charge >= 0.3 is 6.04 Å². The van der Waals surface area contributed by atoms with Crippen LogP contribution in [0, 0.1) is 58.9 Å². The third-order valence-electron chi connectivity index (χ3n) is 4.86. The van der Waals surface area contributed by atoms with Gasteiger partial charge in [-0.05, 0) is 22.8 Å². The zero-order valence-electron chi connectivity index (χ0n) is 14.9. The first kappa shape index (κ1) is 20.0. The van der Waals surface area contributed by atoms with E-state index in [1.54, 1.807) is 12.1 Å². The molecule has 0 saturated heterocycles. The smallest absolute Gasteiger partial charge is 0.286 e. The molecule has 0 spiro atoms. The molecule has 1 atom stereocenters. The first-order valence-corrected chi connectivity index (χ1v) is 8.21. The molecule has 0 amide bonds. The Labute approximate surface area is 167 Å². The Morgan fingerprint density at radius 1 is 1.03 bits per heavy atom. The van der Waals surface area contributed by atoms with E-state index in [0.717, 1.165) is 12.1 Å². The maximum Gasteiger partial charge on any atom is 0.302 e. The maximum absolute atomic E-state index is 13.0. The van der Waals surface area contributed by atoms with Gasteiger partial charge in [0.2, 0.25) is 5.78 Å². The number of nitro benzene ring substituents is 1. The molecule has 3 rings (SSSR count). The van der Waals surface area contributed by atoms with Crippen LogP contribution in [0.15, 0.2) is 41.6 Å². The lowest BCUT2D eigenvalue weighted by molar-refractivity contribution is -0.500. The van der Waals surface area contributed by atoms with Crippen LogP contribution < -0.4 is 0 Å². The lowest BCUT2D eigenvalue weighted by Crippen LogP contribution is -2.38. The summed E-state index contributed by atoms with van der Waals surface area (Å²) in [5.74, 6) is -2.54. The molecule has 0 fully saturated rings. The molecule has 0 saturated carbocycles. The minimum Gasteiger partial charge on any atom is -0.286 e. The van der Waals surface area contributed by atoms with E-state index in [0.29, 0.717) is 0 Å². The SMILES string of the molecule is C=C1C2=C(C([N+](=O)[O-])=C(CC(C#N)C#N)C([N+](=O)[O-])C2=O)c2ccc([N+](=O)[O-])cc21. The standard InChI is InChI=1S/C18H9N5O7/c1-8-12-5-10(21(25)26)2-3-11(12)15-14(8)18(24)17(23(29)30)13(16(15)22(27)28)4-9(6-19)7-20/h2-3,5,9,17H,1,4H2. The predicted molar refractivity (Wildman–Crippen MR) is 98.2 cm³/mol. The minimum absolute atomic E-state index is 0.0716. The van der Waals surface area contributed by atoms with Crippen LogP contribution in [0.25, 0.3) is 11.1 Å². The number of nitrogens with zero attached hydrogens (tertiary/aromatic N) is 5. The van der Waals surface area contributed by atoms with Crippen molar-refractivity contribution in [2.45, 2.75) is 12.5 Å². The average molecular weight is 407 g/mol. The van der Waals surface area contributed by atoms with Crippen molar-refractivity contribution in [2.75, 3.05) is 0 Å². The highest BCUT2D eigenvalue weighted by Crippen LogP contribution is 2.50. The van der Waals surface area contributed by atoms with Crippen molar-refractivity contribution in [1.29, 1.82) is 10.5 Å². The van der Waals surface area contributed by atoms with Crippen molar-refractivity contribution in [3.8, 4) is 12.1 Å². The van der Waals surface area contributed by atoms with E-state index in [1.165, 1.54) is 6.07 Å². The van der Waals surface area contributed by atoms with Crippen LogP contribution in [0.2, 0.25) is 0 Å². The van der Waals surface area contributed by atoms with Gasteiger partial charge in [-0.1, -0.05) is 6.58 Å². The normalized spacial score (nSPS) is 17.4. The molecule has 1 aromatic carbocycles. The zero-order chi connectivity index (χ0) is 22.3. The first-order chi connectivity index (χ1) is 14.1. The third kappa shape index (κ3) is 2.80. The number of ketones is 1. The number of nitro groups is 3. The topological polar surface area (TPSA) is 194 Å². The fourth-order valence-corrected chi connectivity index (χ4v) is 3.62. The summed E-state index contributed by atoms with van der Waals surface area (Å²) in [6.45, 7) is 3.66. The Kier molecular flexibility index (Phi) is 4.70. The van der Waals surface area contributed by atoms with Gasteiger partial charge in [-0.15, -0.1) is 0 Å². The van der Waals surface area contributed by atoms with Crippen LogP contribution in [0.4, 0.5) is 5.69 Å². The molecule has 0 aromatic heterocycles. The van der Waals surface area contributed by atoms with E-state index in [1.807, 2.05) is 0 Å². The second kappa shape index (κ2) is 7.03. The molecule has 12 nitrogen and oxygen atoms in total. The molecule has 148 valence electrons. The number of rotatable bonds is 5. The fraction of sp³-hybridized carbons (Fsp3) is 0.167. The van der Waals surface area contributed by atoms with E-state index >= 15 is 0 Å². The number of carbonyl (C=O) groups is 1. The van der Waals surface area contributed by atoms with Crippen molar-refractivity contribution >= 4 is 22.6 Å². The summed E-state index contributed by atoms with van der Waals surface area (Å²) in [7, 11) is 0. The number of benzene rings is 1. The lowest BCUT2D eigenvalue weighted by Gasteiger charge is -2.20. The Morgan fingerprint density at radius 3 is 2.17 bits per heavy atom. The zero-order valence-corrected chi connectivity index (χ0v) is 14.9. The van der Waals surface area contributed by atoms with Crippen LogP contribution in [0.3, 0.4) is 0 Å². The van der Waals surface area contributed by atoms with Crippen molar-refractivity contribution in [3.63, 3.8) is 0 Å². The summed E-state index contributed by atoms with van der Waals surface area (Å²) in [6, 6.07) is 4.35. The molecule has 12 heteroatoms. The number of hydrogen-bond acceptors (Lipinski definition) is 9. The highest BCUT2D eigenvalue weighted by atomic mass is 16.6. The molecule has 0 aliphatic heterocycles. The van der Waals surface area contributed by atoms with Crippen molar-refractivity contribution in [3.05, 3.63) is 83.1 Å². The average Bonchev–Trinajstić information content (AvgIpc) is 2.97. The van der Waals surface area contributed by atoms with Gasteiger partial charge in [0.1, 0.15) is 5.92 Å².